The van der Waals surface area contributed by atoms with Crippen LogP contribution in [0, 0.1) is 10.8 Å². The first-order valence-corrected chi connectivity index (χ1v) is 14.1. The Morgan fingerprint density at radius 1 is 1.06 bits per heavy atom. The van der Waals surface area contributed by atoms with E-state index in [4.69, 9.17) is 15.6 Å². The average Bonchev–Trinajstić information content (AvgIpc) is 3.57. The van der Waals surface area contributed by atoms with Gasteiger partial charge in [-0.3, -0.25) is 20.5 Å². The highest BCUT2D eigenvalue weighted by molar-refractivity contribution is 5.92. The number of aliphatic hydroxyl groups is 2. The number of rotatable bonds is 5. The summed E-state index contributed by atoms with van der Waals surface area (Å²) in [5.74, 6) is -3.03. The molecular formula is C28H28F6N8O5. The monoisotopic (exact) mass is 670 g/mol. The van der Waals surface area contributed by atoms with Crippen LogP contribution in [-0.4, -0.2) is 99.2 Å². The first-order chi connectivity index (χ1) is 21.9. The highest BCUT2D eigenvalue weighted by Crippen LogP contribution is 2.46. The van der Waals surface area contributed by atoms with Gasteiger partial charge >= 0.3 is 18.3 Å². The second-order valence-electron chi connectivity index (χ2n) is 11.8. The highest BCUT2D eigenvalue weighted by Gasteiger charge is 2.73. The normalized spacial score (nSPS) is 30.5. The molecule has 4 saturated heterocycles. The lowest BCUT2D eigenvalue weighted by Crippen LogP contribution is -2.80. The minimum Gasteiger partial charge on any atom is -0.454 e. The van der Waals surface area contributed by atoms with Crippen LogP contribution in [0.4, 0.5) is 32.0 Å². The molecule has 0 bridgehead atoms. The maximum atomic E-state index is 13.7. The third kappa shape index (κ3) is 5.03. The lowest BCUT2D eigenvalue weighted by atomic mass is 9.79. The Bertz CT molecular complexity index is 1640. The number of amides is 1. The summed E-state index contributed by atoms with van der Waals surface area (Å²) in [6.45, 7) is 0.186. The largest absolute Gasteiger partial charge is 0.454 e. The molecule has 1 spiro atoms. The number of halogens is 6. The molecule has 2 aromatic carbocycles. The van der Waals surface area contributed by atoms with Gasteiger partial charge in [0.1, 0.15) is 12.1 Å². The summed E-state index contributed by atoms with van der Waals surface area (Å²) >= 11 is 0. The number of nitrogens with zero attached hydrogens (tertiary/aromatic N) is 3. The smallest absolute Gasteiger partial charge is 0.417 e. The van der Waals surface area contributed by atoms with Crippen molar-refractivity contribution in [3.63, 3.8) is 0 Å². The number of ether oxygens (including phenoxy) is 1. The molecule has 252 valence electrons. The fourth-order valence-electron chi connectivity index (χ4n) is 6.74. The van der Waals surface area contributed by atoms with Crippen LogP contribution in [0.25, 0.3) is 0 Å². The number of guanidine groups is 2. The molecule has 0 aliphatic carbocycles. The van der Waals surface area contributed by atoms with Crippen LogP contribution in [-0.2, 0) is 21.9 Å². The molecule has 4 aliphatic rings. The van der Waals surface area contributed by atoms with Gasteiger partial charge in [-0.15, -0.1) is 0 Å². The quantitative estimate of drug-likeness (QED) is 0.180. The Hall–Kier alpha value is -4.78. The van der Waals surface area contributed by atoms with E-state index in [2.05, 4.69) is 16.0 Å². The molecule has 7 N–H and O–H groups in total. The molecule has 3 unspecified atom stereocenters. The number of aliphatic hydroxyl groups excluding tert-OH is 1. The van der Waals surface area contributed by atoms with Gasteiger partial charge < -0.3 is 40.7 Å². The van der Waals surface area contributed by atoms with E-state index in [1.165, 1.54) is 9.80 Å². The summed E-state index contributed by atoms with van der Waals surface area (Å²) in [6.07, 6.45) is -13.5. The van der Waals surface area contributed by atoms with E-state index in [1.807, 2.05) is 0 Å². The van der Waals surface area contributed by atoms with E-state index in [-0.39, 0.29) is 37.2 Å². The van der Waals surface area contributed by atoms with E-state index < -0.39 is 89.2 Å². The van der Waals surface area contributed by atoms with E-state index >= 15 is 0 Å². The minimum atomic E-state index is -5.23. The molecule has 0 aromatic heterocycles. The minimum absolute atomic E-state index is 0.0189. The Morgan fingerprint density at radius 2 is 1.74 bits per heavy atom. The van der Waals surface area contributed by atoms with E-state index in [1.54, 1.807) is 30.3 Å². The number of esters is 1. The van der Waals surface area contributed by atoms with E-state index in [9.17, 15) is 46.1 Å². The summed E-state index contributed by atoms with van der Waals surface area (Å²) < 4.78 is 86.6. The zero-order chi connectivity index (χ0) is 34.3. The second kappa shape index (κ2) is 10.6. The van der Waals surface area contributed by atoms with E-state index in [0.717, 1.165) is 11.8 Å². The van der Waals surface area contributed by atoms with Crippen molar-refractivity contribution in [3.05, 3.63) is 65.2 Å². The number of anilines is 1. The van der Waals surface area contributed by atoms with Gasteiger partial charge in [0.05, 0.1) is 35.3 Å². The number of alkyl halides is 6. The van der Waals surface area contributed by atoms with Crippen molar-refractivity contribution < 1.29 is 50.9 Å². The molecule has 47 heavy (non-hydrogen) atoms. The third-order valence-corrected chi connectivity index (χ3v) is 9.02. The van der Waals surface area contributed by atoms with Crippen molar-refractivity contribution >= 4 is 29.5 Å². The van der Waals surface area contributed by atoms with Gasteiger partial charge in [0.2, 0.25) is 12.3 Å². The molecule has 6 atom stereocenters. The maximum Gasteiger partial charge on any atom is 0.417 e. The van der Waals surface area contributed by atoms with Crippen LogP contribution in [0.3, 0.4) is 0 Å². The van der Waals surface area contributed by atoms with Crippen molar-refractivity contribution in [2.24, 2.45) is 0 Å². The molecule has 1 amide bonds. The predicted molar refractivity (Wildman–Crippen MR) is 150 cm³/mol. The fourth-order valence-corrected chi connectivity index (χ4v) is 6.74. The molecule has 13 nitrogen and oxygen atoms in total. The Balaban J connectivity index is 1.29. The van der Waals surface area contributed by atoms with Gasteiger partial charge in [-0.05, 0) is 37.3 Å². The molecule has 4 aliphatic heterocycles. The Labute approximate surface area is 262 Å². The first kappa shape index (κ1) is 32.2. The third-order valence-electron chi connectivity index (χ3n) is 9.02. The van der Waals surface area contributed by atoms with Gasteiger partial charge in [-0.1, -0.05) is 18.2 Å². The molecule has 0 saturated carbocycles. The van der Waals surface area contributed by atoms with Crippen LogP contribution in [0.15, 0.2) is 48.5 Å². The summed E-state index contributed by atoms with van der Waals surface area (Å²) in [7, 11) is 0. The summed E-state index contributed by atoms with van der Waals surface area (Å²) in [5, 5.41) is 48.4. The second-order valence-corrected chi connectivity index (χ2v) is 11.8. The Kier molecular flexibility index (Phi) is 7.27. The number of carbonyl (C=O) groups excluding carboxylic acids is 2. The molecule has 0 radical (unpaired) electrons. The molecule has 4 fully saturated rings. The summed E-state index contributed by atoms with van der Waals surface area (Å²) in [4.78, 5) is 29.9. The van der Waals surface area contributed by atoms with Crippen LogP contribution in [0.1, 0.15) is 28.4 Å². The highest BCUT2D eigenvalue weighted by atomic mass is 19.4. The number of benzene rings is 2. The van der Waals surface area contributed by atoms with E-state index in [0.29, 0.717) is 5.69 Å². The molecule has 19 heteroatoms. The molecule has 6 rings (SSSR count). The maximum absolute atomic E-state index is 13.7. The molecule has 2 aromatic rings. The summed E-state index contributed by atoms with van der Waals surface area (Å²) in [5.41, 5.74) is -8.27. The number of para-hydroxylation sites is 1. The van der Waals surface area contributed by atoms with Gasteiger partial charge in [0.25, 0.3) is 0 Å². The molecule has 4 heterocycles. The van der Waals surface area contributed by atoms with Crippen molar-refractivity contribution in [3.8, 4) is 0 Å². The standard InChI is InChI=1S/C28H28F6N8O5/c1-25(46)18(47-21(44)15-9-13(27(29,30)31)7-8-16(15)28(32,33)34)11-42-23(36)37-17(20-26(25,42)39-22(35)38-20)10-41-19(43)12-40(24(41)45)14-5-3-2-4-6-14/h2-9,17-18,20,24,45-46H,10-12H2,1H3,(H2,36,37)(H3,35,38,39)/t17?,18-,20?,24?,25-,26+/m0/s1. The molecular weight excluding hydrogens is 642 g/mol. The predicted octanol–water partition coefficient (Wildman–Crippen LogP) is 1.04. The van der Waals surface area contributed by atoms with Crippen LogP contribution >= 0.6 is 0 Å². The SMILES string of the molecule is C[C@]1(O)[C@@H](OC(=O)c2cc(C(F)(F)F)ccc2C(F)(F)F)CN2C(=N)NC(CN3C(=O)CN(c4ccccc4)C3O)C3NC(=N)N[C@]321. The number of hydrogen-bond donors (Lipinski definition) is 7. The lowest BCUT2D eigenvalue weighted by molar-refractivity contribution is -0.142. The zero-order valence-electron chi connectivity index (χ0n) is 24.3. The van der Waals surface area contributed by atoms with Crippen molar-refractivity contribution in [2.75, 3.05) is 24.5 Å². The number of hydrogen-bond acceptors (Lipinski definition) is 8. The first-order valence-electron chi connectivity index (χ1n) is 14.1. The van der Waals surface area contributed by atoms with Gasteiger partial charge in [-0.2, -0.15) is 26.3 Å². The lowest BCUT2D eigenvalue weighted by Gasteiger charge is -2.52. The van der Waals surface area contributed by atoms with Gasteiger partial charge in [0, 0.05) is 12.2 Å². The van der Waals surface area contributed by atoms with Crippen molar-refractivity contribution in [2.45, 2.75) is 55.1 Å². The summed E-state index contributed by atoms with van der Waals surface area (Å²) in [6, 6.07) is 6.84. The number of nitrogens with one attached hydrogen (secondary N) is 5. The number of carbonyl (C=O) groups is 2. The van der Waals surface area contributed by atoms with Crippen molar-refractivity contribution in [1.29, 1.82) is 10.8 Å². The topological polar surface area (TPSA) is 177 Å². The fraction of sp³-hybridized carbons (Fsp3) is 0.429. The van der Waals surface area contributed by atoms with Crippen LogP contribution in [0.5, 0.6) is 0 Å². The van der Waals surface area contributed by atoms with Gasteiger partial charge in [-0.25, -0.2) is 4.79 Å². The average molecular weight is 671 g/mol. The van der Waals surface area contributed by atoms with Gasteiger partial charge in [0.15, 0.2) is 23.7 Å². The Morgan fingerprint density at radius 3 is 2.38 bits per heavy atom. The van der Waals surface area contributed by atoms with Crippen molar-refractivity contribution in [1.82, 2.24) is 25.8 Å². The van der Waals surface area contributed by atoms with Crippen LogP contribution in [0.2, 0.25) is 0 Å². The van der Waals surface area contributed by atoms with Crippen LogP contribution < -0.4 is 20.9 Å². The zero-order valence-corrected chi connectivity index (χ0v) is 24.3.